The zero-order valence-electron chi connectivity index (χ0n) is 34.0. The van der Waals surface area contributed by atoms with Crippen LogP contribution in [0.1, 0.15) is 82.8 Å². The topological polar surface area (TPSA) is 198 Å². The lowest BCUT2D eigenvalue weighted by atomic mass is 9.78. The molecular weight excluding hydrogens is 734 g/mol. The Bertz CT molecular complexity index is 2330. The Balaban J connectivity index is 1.55. The zero-order chi connectivity index (χ0) is 41.8. The normalized spacial score (nSPS) is 30.6. The number of carbonyl (C=O) groups is 3. The molecule has 0 saturated heterocycles. The minimum absolute atomic E-state index is 0.0171. The van der Waals surface area contributed by atoms with Crippen molar-refractivity contribution < 1.29 is 53.8 Å². The van der Waals surface area contributed by atoms with Crippen LogP contribution in [0.3, 0.4) is 0 Å². The number of hydrogen-bond donors (Lipinski definition) is 5. The molecule has 0 saturated carbocycles. The number of methoxy groups -OCH3 is 1. The number of amides is 1. The molecule has 6 rings (SSSR count). The lowest BCUT2D eigenvalue weighted by molar-refractivity contribution is -0.160. The third kappa shape index (κ3) is 7.19. The van der Waals surface area contributed by atoms with E-state index in [0.29, 0.717) is 24.1 Å². The second-order valence-corrected chi connectivity index (χ2v) is 15.9. The Morgan fingerprint density at radius 1 is 1.02 bits per heavy atom. The highest BCUT2D eigenvalue weighted by atomic mass is 16.7. The van der Waals surface area contributed by atoms with Crippen molar-refractivity contribution in [1.29, 1.82) is 0 Å². The number of imidazole rings is 1. The number of ketones is 1. The van der Waals surface area contributed by atoms with Crippen LogP contribution in [-0.2, 0) is 23.8 Å². The van der Waals surface area contributed by atoms with Gasteiger partial charge in [0.1, 0.15) is 40.0 Å². The lowest BCUT2D eigenvalue weighted by Crippen LogP contribution is -2.46. The van der Waals surface area contributed by atoms with Crippen LogP contribution in [0.4, 0.5) is 5.69 Å². The molecule has 0 fully saturated rings. The molecule has 306 valence electrons. The van der Waals surface area contributed by atoms with Crippen molar-refractivity contribution >= 4 is 50.8 Å². The van der Waals surface area contributed by atoms with Crippen molar-refractivity contribution in [3.8, 4) is 17.2 Å². The number of phenolic OH excluding ortho intramolecular Hbond substituents is 2. The summed E-state index contributed by atoms with van der Waals surface area (Å²) in [5, 5.41) is 49.5. The summed E-state index contributed by atoms with van der Waals surface area (Å²) in [6.45, 7) is 14.9. The molecule has 14 nitrogen and oxygen atoms in total. The lowest BCUT2D eigenvalue weighted by Gasteiger charge is -2.38. The summed E-state index contributed by atoms with van der Waals surface area (Å²) in [7, 11) is 1.47. The molecule has 0 spiro atoms. The number of phenols is 2. The number of Topliss-reactive ketones (excluding diaryl/α,β-unsaturated/α-hetero) is 1. The summed E-state index contributed by atoms with van der Waals surface area (Å²) in [6, 6.07) is 3.66. The molecule has 2 aromatic heterocycles. The molecule has 9 atom stereocenters. The number of carbonyl (C=O) groups excluding carboxylic acids is 3. The van der Waals surface area contributed by atoms with Crippen molar-refractivity contribution in [2.75, 3.05) is 12.4 Å². The van der Waals surface area contributed by atoms with Crippen LogP contribution < -0.4 is 10.1 Å². The van der Waals surface area contributed by atoms with Gasteiger partial charge in [-0.15, -0.1) is 0 Å². The number of hydrogen-bond acceptors (Lipinski definition) is 12. The van der Waals surface area contributed by atoms with E-state index in [1.807, 2.05) is 26.0 Å². The number of rotatable bonds is 2. The number of anilines is 1. The number of nitrogens with one attached hydrogen (secondary N) is 1. The first kappa shape index (κ1) is 41.5. The van der Waals surface area contributed by atoms with E-state index in [4.69, 9.17) is 23.9 Å². The highest BCUT2D eigenvalue weighted by molar-refractivity contribution is 6.28. The Hall–Kier alpha value is -5.18. The van der Waals surface area contributed by atoms with Gasteiger partial charge in [-0.05, 0) is 63.3 Å². The number of ether oxygens (including phenoxy) is 4. The second-order valence-electron chi connectivity index (χ2n) is 15.9. The second kappa shape index (κ2) is 15.6. The maximum absolute atomic E-state index is 14.6. The molecule has 14 heteroatoms. The average molecular weight is 788 g/mol. The summed E-state index contributed by atoms with van der Waals surface area (Å²) < 4.78 is 25.5. The van der Waals surface area contributed by atoms with Gasteiger partial charge in [-0.25, -0.2) is 4.98 Å². The molecule has 1 amide bonds. The van der Waals surface area contributed by atoms with Crippen LogP contribution in [0.15, 0.2) is 42.3 Å². The molecule has 0 unspecified atom stereocenters. The summed E-state index contributed by atoms with van der Waals surface area (Å²) in [4.78, 5) is 45.6. The number of aliphatic hydroxyl groups excluding tert-OH is 2. The van der Waals surface area contributed by atoms with Crippen LogP contribution in [0.5, 0.6) is 17.2 Å². The van der Waals surface area contributed by atoms with Crippen LogP contribution in [0, 0.1) is 37.5 Å². The standard InChI is InChI=1S/C43H53N3O11/c1-19-14-16-46-28(18-19)44-32-29-30-37(50)25(7)40-31(29)41(52)43(9,57-40)55-17-15-27(54-10)22(4)39(56-26(8)47)24(6)36(49)23(5)35(48)20(2)12-11-13-21(3)42(53)45-33(34(32)46)38(30)51/h13-18,20,22-24,27,35-36,39,48-51H,11-12H2,1-10H3,(H,45,53)/b17-15+,21-13-/t20-,22+,23+,24+,27-,35-,36+,39+,43-/m0/s1. The van der Waals surface area contributed by atoms with E-state index < -0.39 is 71.4 Å². The number of aromatic nitrogens is 2. The average Bonchev–Trinajstić information content (AvgIpc) is 3.67. The van der Waals surface area contributed by atoms with Crippen LogP contribution >= 0.6 is 0 Å². The van der Waals surface area contributed by atoms with E-state index in [-0.39, 0.29) is 56.0 Å². The predicted octanol–water partition coefficient (Wildman–Crippen LogP) is 6.38. The molecule has 5 N–H and O–H groups in total. The zero-order valence-corrected chi connectivity index (χ0v) is 34.0. The number of aryl methyl sites for hydroxylation is 1. The first-order valence-corrected chi connectivity index (χ1v) is 19.3. The molecular formula is C43H53N3O11. The molecule has 4 heterocycles. The number of fused-ring (bicyclic) bond motifs is 2. The van der Waals surface area contributed by atoms with Crippen molar-refractivity contribution in [3.63, 3.8) is 0 Å². The van der Waals surface area contributed by atoms with Crippen molar-refractivity contribution in [3.05, 3.63) is 59.0 Å². The van der Waals surface area contributed by atoms with Crippen molar-refractivity contribution in [2.45, 2.75) is 105 Å². The van der Waals surface area contributed by atoms with Crippen molar-refractivity contribution in [1.82, 2.24) is 9.38 Å². The number of benzene rings is 2. The first-order valence-electron chi connectivity index (χ1n) is 19.3. The van der Waals surface area contributed by atoms with Gasteiger partial charge in [0, 0.05) is 61.4 Å². The number of aromatic hydroxyl groups is 2. The summed E-state index contributed by atoms with van der Waals surface area (Å²) >= 11 is 0. The molecule has 4 bridgehead atoms. The quantitative estimate of drug-likeness (QED) is 0.111. The van der Waals surface area contributed by atoms with E-state index >= 15 is 0 Å². The van der Waals surface area contributed by atoms with Gasteiger partial charge in [-0.2, -0.15) is 0 Å². The molecule has 4 aromatic rings. The third-order valence-corrected chi connectivity index (χ3v) is 11.9. The monoisotopic (exact) mass is 787 g/mol. The fraction of sp³-hybridized carbons (Fsp3) is 0.488. The first-order chi connectivity index (χ1) is 26.8. The van der Waals surface area contributed by atoms with Gasteiger partial charge in [-0.3, -0.25) is 18.8 Å². The minimum Gasteiger partial charge on any atom is -0.507 e. The van der Waals surface area contributed by atoms with Gasteiger partial charge in [-0.1, -0.05) is 33.8 Å². The molecule has 0 aliphatic carbocycles. The summed E-state index contributed by atoms with van der Waals surface area (Å²) in [6.07, 6.45) is 3.54. The van der Waals surface area contributed by atoms with E-state index in [9.17, 15) is 34.8 Å². The third-order valence-electron chi connectivity index (χ3n) is 11.9. The van der Waals surface area contributed by atoms with Gasteiger partial charge in [0.2, 0.25) is 0 Å². The van der Waals surface area contributed by atoms with Gasteiger partial charge < -0.3 is 44.7 Å². The minimum atomic E-state index is -1.95. The van der Waals surface area contributed by atoms with E-state index in [1.54, 1.807) is 57.4 Å². The molecule has 57 heavy (non-hydrogen) atoms. The van der Waals surface area contributed by atoms with Gasteiger partial charge >= 0.3 is 11.8 Å². The Labute approximate surface area is 331 Å². The number of aliphatic hydroxyl groups is 2. The van der Waals surface area contributed by atoms with Crippen molar-refractivity contribution in [2.24, 2.45) is 23.7 Å². The molecule has 2 aliphatic rings. The number of nitrogens with zero attached hydrogens (tertiary/aromatic N) is 2. The maximum Gasteiger partial charge on any atom is 0.312 e. The predicted molar refractivity (Wildman–Crippen MR) is 213 cm³/mol. The maximum atomic E-state index is 14.6. The SMILES string of the molecule is CO[C@H]1/C=C/O[C@@]2(C)Oc3c(C)c(O)c4c(O)c(c5c(nc6cc(C)ccn65)c4c3C2=O)NC(=O)/C(C)=C\CC[C@H](C)[C@H](O)[C@@H](C)[C@@H](O)[C@@H](C)[C@H](OC(C)=O)[C@@H]1C. The smallest absolute Gasteiger partial charge is 0.312 e. The van der Waals surface area contributed by atoms with E-state index in [2.05, 4.69) is 5.32 Å². The Morgan fingerprint density at radius 2 is 1.72 bits per heavy atom. The largest absolute Gasteiger partial charge is 0.507 e. The van der Waals surface area contributed by atoms with Gasteiger partial charge in [0.15, 0.2) is 5.75 Å². The number of pyridine rings is 1. The summed E-state index contributed by atoms with van der Waals surface area (Å²) in [5.74, 6) is -6.58. The summed E-state index contributed by atoms with van der Waals surface area (Å²) in [5.41, 5.74) is 2.36. The van der Waals surface area contributed by atoms with Crippen LogP contribution in [0.25, 0.3) is 27.5 Å². The van der Waals surface area contributed by atoms with Gasteiger partial charge in [0.05, 0.1) is 35.5 Å². The van der Waals surface area contributed by atoms with Crippen LogP contribution in [-0.4, -0.2) is 84.8 Å². The van der Waals surface area contributed by atoms with Gasteiger partial charge in [0.25, 0.3) is 11.7 Å². The van der Waals surface area contributed by atoms with Crippen LogP contribution in [0.2, 0.25) is 0 Å². The highest BCUT2D eigenvalue weighted by Crippen LogP contribution is 2.54. The fourth-order valence-corrected chi connectivity index (χ4v) is 8.33. The number of esters is 1. The molecule has 2 aliphatic heterocycles. The highest BCUT2D eigenvalue weighted by Gasteiger charge is 2.50. The molecule has 2 aromatic carbocycles. The number of allylic oxidation sites excluding steroid dienone is 1. The van der Waals surface area contributed by atoms with E-state index in [0.717, 1.165) is 5.56 Å². The molecule has 0 radical (unpaired) electrons. The Morgan fingerprint density at radius 3 is 2.39 bits per heavy atom. The van der Waals surface area contributed by atoms with E-state index in [1.165, 1.54) is 27.2 Å². The Kier molecular flexibility index (Phi) is 11.4. The fourth-order valence-electron chi connectivity index (χ4n) is 8.33.